The number of nitrogens with one attached hydrogen (secondary N) is 1. The second-order valence-electron chi connectivity index (χ2n) is 3.73. The molecule has 11 heavy (non-hydrogen) atoms. The molecule has 1 saturated carbocycles. The molecule has 0 aromatic heterocycles. The van der Waals surface area contributed by atoms with Crippen LogP contribution in [-0.2, 0) is 0 Å². The molecule has 0 bridgehead atoms. The van der Waals surface area contributed by atoms with Crippen molar-refractivity contribution in [1.29, 1.82) is 0 Å². The minimum absolute atomic E-state index is 0. The summed E-state index contributed by atoms with van der Waals surface area (Å²) < 4.78 is 0. The van der Waals surface area contributed by atoms with E-state index in [1.807, 2.05) is 0 Å². The third kappa shape index (κ3) is 1.28. The van der Waals surface area contributed by atoms with E-state index in [-0.39, 0.29) is 12.4 Å². The van der Waals surface area contributed by atoms with Crippen molar-refractivity contribution in [3.8, 4) is 0 Å². The van der Waals surface area contributed by atoms with Crippen molar-refractivity contribution in [2.75, 3.05) is 19.7 Å². The zero-order chi connectivity index (χ0) is 7.03. The first-order valence-electron chi connectivity index (χ1n) is 4.19. The van der Waals surface area contributed by atoms with Gasteiger partial charge >= 0.3 is 0 Å². The van der Waals surface area contributed by atoms with Gasteiger partial charge in [-0.1, -0.05) is 6.42 Å². The summed E-state index contributed by atoms with van der Waals surface area (Å²) in [5, 5.41) is 12.4. The van der Waals surface area contributed by atoms with Crippen LogP contribution in [0.5, 0.6) is 0 Å². The van der Waals surface area contributed by atoms with Crippen LogP contribution in [0.15, 0.2) is 0 Å². The molecule has 1 unspecified atom stereocenters. The lowest BCUT2D eigenvalue weighted by Crippen LogP contribution is -2.38. The Morgan fingerprint density at radius 1 is 1.45 bits per heavy atom. The molecule has 2 fully saturated rings. The van der Waals surface area contributed by atoms with Crippen LogP contribution in [0.4, 0.5) is 0 Å². The molecule has 1 saturated heterocycles. The van der Waals surface area contributed by atoms with E-state index >= 15 is 0 Å². The van der Waals surface area contributed by atoms with Crippen molar-refractivity contribution in [3.63, 3.8) is 0 Å². The van der Waals surface area contributed by atoms with Gasteiger partial charge in [-0.25, -0.2) is 0 Å². The lowest BCUT2D eigenvalue weighted by atomic mass is 9.63. The average Bonchev–Trinajstić information content (AvgIpc) is 2.27. The van der Waals surface area contributed by atoms with E-state index in [1.54, 1.807) is 0 Å². The van der Waals surface area contributed by atoms with E-state index < -0.39 is 0 Å². The summed E-state index contributed by atoms with van der Waals surface area (Å²) in [6.07, 6.45) is 4.05. The minimum atomic E-state index is 0. The first-order valence-corrected chi connectivity index (χ1v) is 4.19. The molecule has 2 nitrogen and oxygen atoms in total. The van der Waals surface area contributed by atoms with Gasteiger partial charge in [0.05, 0.1) is 0 Å². The van der Waals surface area contributed by atoms with E-state index in [0.29, 0.717) is 17.9 Å². The fraction of sp³-hybridized carbons (Fsp3) is 1.00. The molecule has 1 heterocycles. The predicted octanol–water partition coefficient (Wildman–Crippen LogP) is 0.790. The zero-order valence-corrected chi connectivity index (χ0v) is 7.49. The average molecular weight is 178 g/mol. The quantitative estimate of drug-likeness (QED) is 0.621. The summed E-state index contributed by atoms with van der Waals surface area (Å²) in [7, 11) is 0. The molecular weight excluding hydrogens is 162 g/mol. The normalized spacial score (nSPS) is 33.0. The number of aliphatic hydroxyl groups is 1. The van der Waals surface area contributed by atoms with Gasteiger partial charge in [-0.15, -0.1) is 12.4 Å². The Balaban J connectivity index is 0.000000605. The Kier molecular flexibility index (Phi) is 2.79. The van der Waals surface area contributed by atoms with Crippen LogP contribution in [0.3, 0.4) is 0 Å². The van der Waals surface area contributed by atoms with Crippen LogP contribution in [0.1, 0.15) is 19.3 Å². The SMILES string of the molecule is Cl.OCC1CNCC12CCC2. The smallest absolute Gasteiger partial charge is 0.0477 e. The summed E-state index contributed by atoms with van der Waals surface area (Å²) in [5.74, 6) is 0.557. The highest BCUT2D eigenvalue weighted by atomic mass is 35.5. The van der Waals surface area contributed by atoms with Gasteiger partial charge in [0.1, 0.15) is 0 Å². The van der Waals surface area contributed by atoms with Crippen LogP contribution in [0.2, 0.25) is 0 Å². The largest absolute Gasteiger partial charge is 0.396 e. The third-order valence-electron chi connectivity index (χ3n) is 3.30. The number of hydrogen-bond donors (Lipinski definition) is 2. The van der Waals surface area contributed by atoms with Gasteiger partial charge < -0.3 is 10.4 Å². The van der Waals surface area contributed by atoms with Crippen LogP contribution >= 0.6 is 12.4 Å². The van der Waals surface area contributed by atoms with E-state index in [1.165, 1.54) is 19.3 Å². The van der Waals surface area contributed by atoms with Gasteiger partial charge in [-0.2, -0.15) is 0 Å². The monoisotopic (exact) mass is 177 g/mol. The highest BCUT2D eigenvalue weighted by Crippen LogP contribution is 2.48. The first kappa shape index (κ1) is 9.30. The van der Waals surface area contributed by atoms with Gasteiger partial charge in [0.15, 0.2) is 0 Å². The summed E-state index contributed by atoms with van der Waals surface area (Å²) in [6.45, 7) is 2.57. The molecule has 0 aromatic rings. The number of aliphatic hydroxyl groups excluding tert-OH is 1. The molecular formula is C8H16ClNO. The second kappa shape index (κ2) is 3.30. The van der Waals surface area contributed by atoms with Crippen molar-refractivity contribution < 1.29 is 5.11 Å². The molecule has 2 N–H and O–H groups in total. The van der Waals surface area contributed by atoms with Gasteiger partial charge in [-0.3, -0.25) is 0 Å². The van der Waals surface area contributed by atoms with Crippen molar-refractivity contribution in [2.24, 2.45) is 11.3 Å². The molecule has 0 amide bonds. The molecule has 0 aromatic carbocycles. The molecule has 2 rings (SSSR count). The Morgan fingerprint density at radius 3 is 2.55 bits per heavy atom. The minimum Gasteiger partial charge on any atom is -0.396 e. The second-order valence-corrected chi connectivity index (χ2v) is 3.73. The van der Waals surface area contributed by atoms with E-state index in [0.717, 1.165) is 13.1 Å². The summed E-state index contributed by atoms with van der Waals surface area (Å²) >= 11 is 0. The van der Waals surface area contributed by atoms with Gasteiger partial charge in [0.2, 0.25) is 0 Å². The molecule has 1 aliphatic heterocycles. The molecule has 1 aliphatic carbocycles. The van der Waals surface area contributed by atoms with Crippen LogP contribution in [0.25, 0.3) is 0 Å². The third-order valence-corrected chi connectivity index (χ3v) is 3.30. The van der Waals surface area contributed by atoms with Crippen LogP contribution in [-0.4, -0.2) is 24.8 Å². The van der Waals surface area contributed by atoms with E-state index in [4.69, 9.17) is 5.11 Å². The Hall–Kier alpha value is 0.210. The lowest BCUT2D eigenvalue weighted by molar-refractivity contribution is 0.0568. The maximum atomic E-state index is 9.03. The van der Waals surface area contributed by atoms with Gasteiger partial charge in [0, 0.05) is 25.6 Å². The number of rotatable bonds is 1. The van der Waals surface area contributed by atoms with Gasteiger partial charge in [0.25, 0.3) is 0 Å². The first-order chi connectivity index (χ1) is 4.87. The molecule has 3 heteroatoms. The highest BCUT2D eigenvalue weighted by Gasteiger charge is 2.46. The fourth-order valence-electron chi connectivity index (χ4n) is 2.33. The maximum absolute atomic E-state index is 9.03. The molecule has 0 radical (unpaired) electrons. The molecule has 2 aliphatic rings. The van der Waals surface area contributed by atoms with E-state index in [2.05, 4.69) is 5.32 Å². The van der Waals surface area contributed by atoms with Crippen molar-refractivity contribution in [2.45, 2.75) is 19.3 Å². The Morgan fingerprint density at radius 2 is 2.18 bits per heavy atom. The van der Waals surface area contributed by atoms with Crippen LogP contribution in [0, 0.1) is 11.3 Å². The van der Waals surface area contributed by atoms with Crippen molar-refractivity contribution in [1.82, 2.24) is 5.32 Å². The fourth-order valence-corrected chi connectivity index (χ4v) is 2.33. The number of hydrogen-bond acceptors (Lipinski definition) is 2. The molecule has 1 atom stereocenters. The standard InChI is InChI=1S/C8H15NO.ClH/c10-5-7-4-9-6-8(7)2-1-3-8;/h7,9-10H,1-6H2;1H. The Bertz CT molecular complexity index is 136. The molecule has 66 valence electrons. The maximum Gasteiger partial charge on any atom is 0.0477 e. The topological polar surface area (TPSA) is 32.3 Å². The highest BCUT2D eigenvalue weighted by molar-refractivity contribution is 5.85. The van der Waals surface area contributed by atoms with Crippen LogP contribution < -0.4 is 5.32 Å². The van der Waals surface area contributed by atoms with E-state index in [9.17, 15) is 0 Å². The van der Waals surface area contributed by atoms with Gasteiger partial charge in [-0.05, 0) is 18.3 Å². The van der Waals surface area contributed by atoms with Crippen molar-refractivity contribution >= 4 is 12.4 Å². The summed E-state index contributed by atoms with van der Waals surface area (Å²) in [4.78, 5) is 0. The Labute approximate surface area is 73.8 Å². The van der Waals surface area contributed by atoms with Crippen molar-refractivity contribution in [3.05, 3.63) is 0 Å². The predicted molar refractivity (Wildman–Crippen MR) is 47.0 cm³/mol. The molecule has 1 spiro atoms. The summed E-state index contributed by atoms with van der Waals surface area (Å²) in [5.41, 5.74) is 0.523. The number of halogens is 1. The lowest BCUT2D eigenvalue weighted by Gasteiger charge is -2.42. The summed E-state index contributed by atoms with van der Waals surface area (Å²) in [6, 6.07) is 0. The zero-order valence-electron chi connectivity index (χ0n) is 6.68.